The van der Waals surface area contributed by atoms with Crippen molar-refractivity contribution >= 4 is 17.5 Å². The molecule has 2 amide bonds. The van der Waals surface area contributed by atoms with Gasteiger partial charge in [0.1, 0.15) is 0 Å². The number of ether oxygens (including phenoxy) is 1. The Balaban J connectivity index is 1.81. The number of benzene rings is 1. The molecule has 6 nitrogen and oxygen atoms in total. The maximum Gasteiger partial charge on any atom is 0.254 e. The summed E-state index contributed by atoms with van der Waals surface area (Å²) in [5.74, 6) is -0.102. The summed E-state index contributed by atoms with van der Waals surface area (Å²) < 4.78 is 5.49. The number of likely N-dealkylation sites (tertiary alicyclic amines) is 1. The van der Waals surface area contributed by atoms with Crippen LogP contribution in [-0.4, -0.2) is 60.8 Å². The van der Waals surface area contributed by atoms with E-state index in [-0.39, 0.29) is 29.9 Å². The van der Waals surface area contributed by atoms with Crippen LogP contribution >= 0.6 is 0 Å². The number of aliphatic hydroxyl groups is 1. The number of rotatable bonds is 4. The fourth-order valence-electron chi connectivity index (χ4n) is 4.06. The number of aliphatic hydroxyl groups excluding tert-OH is 1. The summed E-state index contributed by atoms with van der Waals surface area (Å²) in [6, 6.07) is 7.05. The molecule has 3 rings (SSSR count). The zero-order chi connectivity index (χ0) is 18.7. The third kappa shape index (κ3) is 3.39. The molecule has 1 spiro atoms. The molecule has 2 aliphatic rings. The Morgan fingerprint density at radius 2 is 2.00 bits per heavy atom. The SMILES string of the molecule is C=CC(=O)N(C)c1ccc(C(=O)N2CC(CO)CC23CCOCC3)cc1. The van der Waals surface area contributed by atoms with Crippen molar-refractivity contribution in [1.29, 1.82) is 0 Å². The maximum atomic E-state index is 13.2. The predicted octanol–water partition coefficient (Wildman–Crippen LogP) is 1.84. The lowest BCUT2D eigenvalue weighted by Gasteiger charge is -2.41. The minimum Gasteiger partial charge on any atom is -0.396 e. The molecule has 2 heterocycles. The van der Waals surface area contributed by atoms with Gasteiger partial charge in [-0.25, -0.2) is 0 Å². The summed E-state index contributed by atoms with van der Waals surface area (Å²) in [7, 11) is 1.67. The number of hydrogen-bond acceptors (Lipinski definition) is 4. The molecule has 1 aromatic carbocycles. The number of amides is 2. The van der Waals surface area contributed by atoms with Gasteiger partial charge in [0.15, 0.2) is 0 Å². The Labute approximate surface area is 154 Å². The highest BCUT2D eigenvalue weighted by Gasteiger charge is 2.48. The zero-order valence-electron chi connectivity index (χ0n) is 15.2. The molecule has 1 N–H and O–H groups in total. The van der Waals surface area contributed by atoms with E-state index in [9.17, 15) is 14.7 Å². The number of hydrogen-bond donors (Lipinski definition) is 1. The van der Waals surface area contributed by atoms with Crippen LogP contribution in [0.25, 0.3) is 0 Å². The third-order valence-electron chi connectivity index (χ3n) is 5.62. The van der Waals surface area contributed by atoms with E-state index in [0.29, 0.717) is 31.0 Å². The van der Waals surface area contributed by atoms with E-state index in [4.69, 9.17) is 4.74 Å². The first-order valence-corrected chi connectivity index (χ1v) is 9.01. The van der Waals surface area contributed by atoms with E-state index < -0.39 is 0 Å². The van der Waals surface area contributed by atoms with E-state index in [2.05, 4.69) is 6.58 Å². The van der Waals surface area contributed by atoms with E-state index in [1.807, 2.05) is 4.90 Å². The number of likely N-dealkylation sites (N-methyl/N-ethyl adjacent to an activating group) is 1. The molecule has 1 atom stereocenters. The second-order valence-electron chi connectivity index (χ2n) is 7.15. The molecule has 140 valence electrons. The normalized spacial score (nSPS) is 21.6. The van der Waals surface area contributed by atoms with Crippen LogP contribution in [0.1, 0.15) is 29.6 Å². The van der Waals surface area contributed by atoms with Gasteiger partial charge in [0.25, 0.3) is 5.91 Å². The van der Waals surface area contributed by atoms with Gasteiger partial charge < -0.3 is 19.6 Å². The number of carbonyl (C=O) groups excluding carboxylic acids is 2. The van der Waals surface area contributed by atoms with Gasteiger partial charge in [0.2, 0.25) is 5.91 Å². The standard InChI is InChI=1S/C20H26N2O4/c1-3-18(24)21(2)17-6-4-16(5-7-17)19(25)22-13-15(14-23)12-20(22)8-10-26-11-9-20/h3-7,15,23H,1,8-14H2,2H3. The van der Waals surface area contributed by atoms with Gasteiger partial charge in [-0.15, -0.1) is 0 Å². The van der Waals surface area contributed by atoms with Crippen LogP contribution in [0.5, 0.6) is 0 Å². The zero-order valence-corrected chi connectivity index (χ0v) is 15.2. The molecule has 2 fully saturated rings. The molecule has 0 aliphatic carbocycles. The summed E-state index contributed by atoms with van der Waals surface area (Å²) in [4.78, 5) is 28.3. The van der Waals surface area contributed by atoms with Gasteiger partial charge in [0, 0.05) is 56.1 Å². The van der Waals surface area contributed by atoms with E-state index in [1.165, 1.54) is 11.0 Å². The maximum absolute atomic E-state index is 13.2. The van der Waals surface area contributed by atoms with Crippen LogP contribution < -0.4 is 4.90 Å². The van der Waals surface area contributed by atoms with Crippen molar-refractivity contribution in [3.63, 3.8) is 0 Å². The fourth-order valence-corrected chi connectivity index (χ4v) is 4.06. The second kappa shape index (κ2) is 7.60. The molecule has 6 heteroatoms. The molecule has 2 saturated heterocycles. The lowest BCUT2D eigenvalue weighted by Crippen LogP contribution is -2.50. The summed E-state index contributed by atoms with van der Waals surface area (Å²) in [6.07, 6.45) is 3.70. The Morgan fingerprint density at radius 1 is 1.35 bits per heavy atom. The Bertz CT molecular complexity index is 680. The topological polar surface area (TPSA) is 70.1 Å². The Kier molecular flexibility index (Phi) is 5.44. The van der Waals surface area contributed by atoms with Crippen LogP contribution in [0.4, 0.5) is 5.69 Å². The first-order chi connectivity index (χ1) is 12.5. The first-order valence-electron chi connectivity index (χ1n) is 9.01. The average molecular weight is 358 g/mol. The minimum atomic E-state index is -0.211. The van der Waals surface area contributed by atoms with Crippen LogP contribution in [0, 0.1) is 5.92 Å². The Morgan fingerprint density at radius 3 is 2.58 bits per heavy atom. The number of carbonyl (C=O) groups is 2. The number of nitrogens with zero attached hydrogens (tertiary/aromatic N) is 2. The average Bonchev–Trinajstić information content (AvgIpc) is 3.04. The van der Waals surface area contributed by atoms with Crippen molar-refractivity contribution in [2.24, 2.45) is 5.92 Å². The van der Waals surface area contributed by atoms with Crippen LogP contribution in [0.3, 0.4) is 0 Å². The molecule has 0 radical (unpaired) electrons. The van der Waals surface area contributed by atoms with Crippen molar-refractivity contribution in [2.75, 3.05) is 38.3 Å². The predicted molar refractivity (Wildman–Crippen MR) is 99.1 cm³/mol. The molecule has 1 aromatic rings. The summed E-state index contributed by atoms with van der Waals surface area (Å²) in [6.45, 7) is 5.45. The quantitative estimate of drug-likeness (QED) is 0.834. The van der Waals surface area contributed by atoms with Gasteiger partial charge in [-0.2, -0.15) is 0 Å². The molecule has 2 aliphatic heterocycles. The second-order valence-corrected chi connectivity index (χ2v) is 7.15. The first kappa shape index (κ1) is 18.6. The van der Waals surface area contributed by atoms with Crippen molar-refractivity contribution in [2.45, 2.75) is 24.8 Å². The molecular formula is C20H26N2O4. The van der Waals surface area contributed by atoms with E-state index >= 15 is 0 Å². The third-order valence-corrected chi connectivity index (χ3v) is 5.62. The largest absolute Gasteiger partial charge is 0.396 e. The lowest BCUT2D eigenvalue weighted by molar-refractivity contribution is -0.113. The molecule has 0 saturated carbocycles. The van der Waals surface area contributed by atoms with Crippen LogP contribution in [-0.2, 0) is 9.53 Å². The molecule has 26 heavy (non-hydrogen) atoms. The summed E-state index contributed by atoms with van der Waals surface area (Å²) in [5, 5.41) is 9.61. The minimum absolute atomic E-state index is 0.0212. The molecular weight excluding hydrogens is 332 g/mol. The highest BCUT2D eigenvalue weighted by Crippen LogP contribution is 2.41. The van der Waals surface area contributed by atoms with E-state index in [1.54, 1.807) is 31.3 Å². The van der Waals surface area contributed by atoms with Crippen molar-refractivity contribution < 1.29 is 19.4 Å². The van der Waals surface area contributed by atoms with Gasteiger partial charge in [-0.1, -0.05) is 6.58 Å². The highest BCUT2D eigenvalue weighted by molar-refractivity contribution is 6.01. The van der Waals surface area contributed by atoms with Gasteiger partial charge in [-0.3, -0.25) is 9.59 Å². The van der Waals surface area contributed by atoms with Gasteiger partial charge in [0.05, 0.1) is 0 Å². The smallest absolute Gasteiger partial charge is 0.254 e. The fraction of sp³-hybridized carbons (Fsp3) is 0.500. The van der Waals surface area contributed by atoms with Crippen molar-refractivity contribution in [1.82, 2.24) is 4.90 Å². The number of anilines is 1. The summed E-state index contributed by atoms with van der Waals surface area (Å²) in [5.41, 5.74) is 1.09. The van der Waals surface area contributed by atoms with Crippen molar-refractivity contribution in [3.8, 4) is 0 Å². The molecule has 1 unspecified atom stereocenters. The van der Waals surface area contributed by atoms with Gasteiger partial charge in [-0.05, 0) is 49.6 Å². The van der Waals surface area contributed by atoms with Gasteiger partial charge >= 0.3 is 0 Å². The summed E-state index contributed by atoms with van der Waals surface area (Å²) >= 11 is 0. The highest BCUT2D eigenvalue weighted by atomic mass is 16.5. The van der Waals surface area contributed by atoms with Crippen molar-refractivity contribution in [3.05, 3.63) is 42.5 Å². The monoisotopic (exact) mass is 358 g/mol. The molecule has 0 bridgehead atoms. The lowest BCUT2D eigenvalue weighted by atomic mass is 9.84. The van der Waals surface area contributed by atoms with Crippen LogP contribution in [0.15, 0.2) is 36.9 Å². The Hall–Kier alpha value is -2.18. The van der Waals surface area contributed by atoms with E-state index in [0.717, 1.165) is 19.3 Å². The van der Waals surface area contributed by atoms with Crippen LogP contribution in [0.2, 0.25) is 0 Å². The molecule has 0 aromatic heterocycles.